The van der Waals surface area contributed by atoms with Gasteiger partial charge in [-0.1, -0.05) is 18.2 Å². The van der Waals surface area contributed by atoms with Crippen molar-refractivity contribution in [3.05, 3.63) is 65.2 Å². The molecule has 0 aliphatic heterocycles. The Kier molecular flexibility index (Phi) is 5.65. The number of carbonyl (C=O) groups is 1. The van der Waals surface area contributed by atoms with Gasteiger partial charge < -0.3 is 14.8 Å². The highest BCUT2D eigenvalue weighted by Crippen LogP contribution is 2.26. The average Bonchev–Trinajstić information content (AvgIpc) is 2.58. The minimum atomic E-state index is -1.06. The van der Waals surface area contributed by atoms with Crippen LogP contribution in [0, 0.1) is 11.6 Å². The molecule has 0 aliphatic rings. The molecule has 0 bridgehead atoms. The van der Waals surface area contributed by atoms with Crippen LogP contribution in [0.25, 0.3) is 0 Å². The lowest BCUT2D eigenvalue weighted by Gasteiger charge is -2.19. The van der Waals surface area contributed by atoms with Crippen molar-refractivity contribution >= 4 is 5.91 Å². The summed E-state index contributed by atoms with van der Waals surface area (Å²) in [5.74, 6) is -1.93. The summed E-state index contributed by atoms with van der Waals surface area (Å²) in [5, 5.41) is 2.64. The van der Waals surface area contributed by atoms with Gasteiger partial charge >= 0.3 is 0 Å². The summed E-state index contributed by atoms with van der Waals surface area (Å²) in [5.41, 5.74) is 0.821. The molecule has 1 atom stereocenters. The van der Waals surface area contributed by atoms with Gasteiger partial charge in [0.2, 0.25) is 0 Å². The van der Waals surface area contributed by atoms with Crippen molar-refractivity contribution in [1.29, 1.82) is 0 Å². The molecule has 4 nitrogen and oxygen atoms in total. The fourth-order valence-corrected chi connectivity index (χ4v) is 2.18. The van der Waals surface area contributed by atoms with Crippen LogP contribution in [0.4, 0.5) is 8.78 Å². The molecule has 23 heavy (non-hydrogen) atoms. The van der Waals surface area contributed by atoms with E-state index in [1.165, 1.54) is 13.2 Å². The number of hydrogen-bond donors (Lipinski definition) is 1. The standard InChI is InChI=1S/C17H17F2NO3/c1-22-15-6-4-3-5-12(15)16(23-2)10-20-17(21)11-7-8-13(18)14(19)9-11/h3-9,16H,10H2,1-2H3,(H,20,21). The van der Waals surface area contributed by atoms with Gasteiger partial charge in [-0.15, -0.1) is 0 Å². The summed E-state index contributed by atoms with van der Waals surface area (Å²) in [6, 6.07) is 10.3. The lowest BCUT2D eigenvalue weighted by atomic mass is 10.1. The van der Waals surface area contributed by atoms with Crippen LogP contribution in [-0.2, 0) is 4.74 Å². The zero-order valence-electron chi connectivity index (χ0n) is 12.8. The SMILES string of the molecule is COc1ccccc1C(CNC(=O)c1ccc(F)c(F)c1)OC. The number of methoxy groups -OCH3 is 2. The van der Waals surface area contributed by atoms with E-state index in [0.717, 1.165) is 17.7 Å². The Labute approximate surface area is 133 Å². The molecular formula is C17H17F2NO3. The van der Waals surface area contributed by atoms with Gasteiger partial charge in [0.25, 0.3) is 5.91 Å². The van der Waals surface area contributed by atoms with E-state index in [9.17, 15) is 13.6 Å². The van der Waals surface area contributed by atoms with Gasteiger partial charge in [0.1, 0.15) is 11.9 Å². The highest BCUT2D eigenvalue weighted by Gasteiger charge is 2.17. The third-order valence-corrected chi connectivity index (χ3v) is 3.40. The van der Waals surface area contributed by atoms with Crippen molar-refractivity contribution in [2.45, 2.75) is 6.10 Å². The zero-order chi connectivity index (χ0) is 16.8. The predicted molar refractivity (Wildman–Crippen MR) is 81.4 cm³/mol. The molecule has 0 aromatic heterocycles. The van der Waals surface area contributed by atoms with Crippen LogP contribution in [0.5, 0.6) is 5.75 Å². The normalized spacial score (nSPS) is 11.8. The Morgan fingerprint density at radius 3 is 2.52 bits per heavy atom. The van der Waals surface area contributed by atoms with Gasteiger partial charge in [-0.25, -0.2) is 8.78 Å². The number of nitrogens with one attached hydrogen (secondary N) is 1. The molecule has 1 amide bonds. The van der Waals surface area contributed by atoms with Gasteiger partial charge in [-0.2, -0.15) is 0 Å². The van der Waals surface area contributed by atoms with Crippen molar-refractivity contribution in [2.24, 2.45) is 0 Å². The van der Waals surface area contributed by atoms with Gasteiger partial charge in [-0.05, 0) is 24.3 Å². The number of para-hydroxylation sites is 1. The maximum atomic E-state index is 13.2. The Bertz CT molecular complexity index is 691. The van der Waals surface area contributed by atoms with Crippen LogP contribution in [0.15, 0.2) is 42.5 Å². The number of amides is 1. The first-order chi connectivity index (χ1) is 11.1. The van der Waals surface area contributed by atoms with Crippen molar-refractivity contribution in [1.82, 2.24) is 5.32 Å². The highest BCUT2D eigenvalue weighted by molar-refractivity contribution is 5.94. The number of hydrogen-bond acceptors (Lipinski definition) is 3. The van der Waals surface area contributed by atoms with E-state index in [0.29, 0.717) is 5.75 Å². The minimum absolute atomic E-state index is 0.0405. The van der Waals surface area contributed by atoms with Gasteiger partial charge in [0.15, 0.2) is 11.6 Å². The Morgan fingerprint density at radius 2 is 1.87 bits per heavy atom. The second-order valence-electron chi connectivity index (χ2n) is 4.81. The summed E-state index contributed by atoms with van der Waals surface area (Å²) in [4.78, 5) is 12.0. The molecular weight excluding hydrogens is 304 g/mol. The largest absolute Gasteiger partial charge is 0.496 e. The molecule has 2 rings (SSSR count). The summed E-state index contributed by atoms with van der Waals surface area (Å²) < 4.78 is 36.7. The number of ether oxygens (including phenoxy) is 2. The predicted octanol–water partition coefficient (Wildman–Crippen LogP) is 3.09. The molecule has 122 valence electrons. The molecule has 1 N–H and O–H groups in total. The van der Waals surface area contributed by atoms with Crippen LogP contribution in [-0.4, -0.2) is 26.7 Å². The molecule has 2 aromatic carbocycles. The van der Waals surface area contributed by atoms with E-state index in [1.807, 2.05) is 18.2 Å². The van der Waals surface area contributed by atoms with Crippen LogP contribution in [0.3, 0.4) is 0 Å². The summed E-state index contributed by atoms with van der Waals surface area (Å²) in [7, 11) is 3.06. The minimum Gasteiger partial charge on any atom is -0.496 e. The van der Waals surface area contributed by atoms with Crippen molar-refractivity contribution in [3.63, 3.8) is 0 Å². The first kappa shape index (κ1) is 16.9. The van der Waals surface area contributed by atoms with E-state index in [1.54, 1.807) is 13.2 Å². The fraction of sp³-hybridized carbons (Fsp3) is 0.235. The van der Waals surface area contributed by atoms with Crippen molar-refractivity contribution in [3.8, 4) is 5.75 Å². The molecule has 0 radical (unpaired) electrons. The van der Waals surface area contributed by atoms with E-state index < -0.39 is 23.6 Å². The molecule has 0 heterocycles. The lowest BCUT2D eigenvalue weighted by Crippen LogP contribution is -2.29. The molecule has 0 saturated carbocycles. The van der Waals surface area contributed by atoms with Crippen molar-refractivity contribution < 1.29 is 23.0 Å². The molecule has 0 saturated heterocycles. The molecule has 2 aromatic rings. The van der Waals surface area contributed by atoms with Gasteiger partial charge in [-0.3, -0.25) is 4.79 Å². The topological polar surface area (TPSA) is 47.6 Å². The number of benzene rings is 2. The van der Waals surface area contributed by atoms with Gasteiger partial charge in [0, 0.05) is 24.8 Å². The first-order valence-electron chi connectivity index (χ1n) is 6.95. The average molecular weight is 321 g/mol. The quantitative estimate of drug-likeness (QED) is 0.889. The fourth-order valence-electron chi connectivity index (χ4n) is 2.18. The molecule has 0 spiro atoms. The van der Waals surface area contributed by atoms with E-state index in [2.05, 4.69) is 5.32 Å². The Hall–Kier alpha value is -2.47. The molecule has 0 fully saturated rings. The lowest BCUT2D eigenvalue weighted by molar-refractivity contribution is 0.0819. The first-order valence-corrected chi connectivity index (χ1v) is 6.95. The van der Waals surface area contributed by atoms with E-state index in [4.69, 9.17) is 9.47 Å². The van der Waals surface area contributed by atoms with Crippen molar-refractivity contribution in [2.75, 3.05) is 20.8 Å². The molecule has 0 aliphatic carbocycles. The van der Waals surface area contributed by atoms with Crippen LogP contribution >= 0.6 is 0 Å². The maximum absolute atomic E-state index is 13.2. The summed E-state index contributed by atoms with van der Waals surface area (Å²) in [6.07, 6.45) is -0.430. The molecule has 1 unspecified atom stereocenters. The van der Waals surface area contributed by atoms with Gasteiger partial charge in [0.05, 0.1) is 7.11 Å². The highest BCUT2D eigenvalue weighted by atomic mass is 19.2. The van der Waals surface area contributed by atoms with Crippen LogP contribution in [0.1, 0.15) is 22.0 Å². The Balaban J connectivity index is 2.08. The number of carbonyl (C=O) groups excluding carboxylic acids is 1. The summed E-state index contributed by atoms with van der Waals surface area (Å²) >= 11 is 0. The van der Waals surface area contributed by atoms with Crippen LogP contribution in [0.2, 0.25) is 0 Å². The second kappa shape index (κ2) is 7.69. The second-order valence-corrected chi connectivity index (χ2v) is 4.81. The summed E-state index contributed by atoms with van der Waals surface area (Å²) in [6.45, 7) is 0.161. The number of rotatable bonds is 6. The smallest absolute Gasteiger partial charge is 0.251 e. The van der Waals surface area contributed by atoms with E-state index in [-0.39, 0.29) is 12.1 Å². The van der Waals surface area contributed by atoms with E-state index >= 15 is 0 Å². The third kappa shape index (κ3) is 4.04. The zero-order valence-corrected chi connectivity index (χ0v) is 12.8. The van der Waals surface area contributed by atoms with Crippen LogP contribution < -0.4 is 10.1 Å². The Morgan fingerprint density at radius 1 is 1.13 bits per heavy atom. The monoisotopic (exact) mass is 321 g/mol. The maximum Gasteiger partial charge on any atom is 0.251 e. The molecule has 6 heteroatoms. The third-order valence-electron chi connectivity index (χ3n) is 3.40. The number of halogens is 2.